The van der Waals surface area contributed by atoms with Crippen molar-refractivity contribution in [2.24, 2.45) is 5.92 Å². The van der Waals surface area contributed by atoms with Gasteiger partial charge >= 0.3 is 0 Å². The van der Waals surface area contributed by atoms with Gasteiger partial charge in [0.05, 0.1) is 12.0 Å². The van der Waals surface area contributed by atoms with Crippen LogP contribution in [0.15, 0.2) is 18.2 Å². The van der Waals surface area contributed by atoms with Crippen LogP contribution in [0, 0.1) is 16.0 Å². The number of methoxy groups -OCH3 is 1. The predicted molar refractivity (Wildman–Crippen MR) is 71.7 cm³/mol. The number of rotatable bonds is 5. The molecule has 0 saturated carbocycles. The molecule has 6 heteroatoms. The maximum absolute atomic E-state index is 11.0. The lowest BCUT2D eigenvalue weighted by molar-refractivity contribution is -0.384. The summed E-state index contributed by atoms with van der Waals surface area (Å²) < 4.78 is 10.4. The largest absolute Gasteiger partial charge is 0.497 e. The molecule has 1 saturated heterocycles. The second kappa shape index (κ2) is 6.38. The summed E-state index contributed by atoms with van der Waals surface area (Å²) in [6.07, 6.45) is 1.98. The van der Waals surface area contributed by atoms with Crippen LogP contribution in [0.1, 0.15) is 12.8 Å². The quantitative estimate of drug-likeness (QED) is 0.654. The Labute approximate surface area is 111 Å². The molecule has 2 rings (SSSR count). The fourth-order valence-corrected chi connectivity index (χ4v) is 2.15. The molecule has 1 aliphatic heterocycles. The van der Waals surface area contributed by atoms with Crippen molar-refractivity contribution in [2.75, 3.05) is 32.2 Å². The first-order valence-corrected chi connectivity index (χ1v) is 6.34. The van der Waals surface area contributed by atoms with E-state index in [0.717, 1.165) is 32.6 Å². The fourth-order valence-electron chi connectivity index (χ4n) is 2.15. The summed E-state index contributed by atoms with van der Waals surface area (Å²) >= 11 is 0. The summed E-state index contributed by atoms with van der Waals surface area (Å²) in [5.41, 5.74) is 0.587. The van der Waals surface area contributed by atoms with E-state index in [-0.39, 0.29) is 10.6 Å². The molecule has 1 heterocycles. The van der Waals surface area contributed by atoms with E-state index in [0.29, 0.717) is 17.4 Å². The van der Waals surface area contributed by atoms with Gasteiger partial charge in [-0.25, -0.2) is 0 Å². The van der Waals surface area contributed by atoms with Crippen molar-refractivity contribution in [1.29, 1.82) is 0 Å². The van der Waals surface area contributed by atoms with Crippen LogP contribution in [0.4, 0.5) is 11.4 Å². The minimum Gasteiger partial charge on any atom is -0.497 e. The third-order valence-corrected chi connectivity index (χ3v) is 3.32. The zero-order valence-electron chi connectivity index (χ0n) is 10.9. The van der Waals surface area contributed by atoms with Crippen molar-refractivity contribution in [1.82, 2.24) is 0 Å². The lowest BCUT2D eigenvalue weighted by Crippen LogP contribution is -2.22. The van der Waals surface area contributed by atoms with E-state index in [2.05, 4.69) is 5.32 Å². The van der Waals surface area contributed by atoms with Gasteiger partial charge in [0.2, 0.25) is 0 Å². The number of anilines is 1. The molecule has 0 atom stereocenters. The number of ether oxygens (including phenoxy) is 2. The Kier molecular flexibility index (Phi) is 4.57. The molecule has 0 amide bonds. The van der Waals surface area contributed by atoms with Crippen molar-refractivity contribution < 1.29 is 14.4 Å². The minimum absolute atomic E-state index is 0.0767. The van der Waals surface area contributed by atoms with E-state index in [4.69, 9.17) is 9.47 Å². The van der Waals surface area contributed by atoms with E-state index >= 15 is 0 Å². The molecular weight excluding hydrogens is 248 g/mol. The van der Waals surface area contributed by atoms with Crippen LogP contribution in [0.3, 0.4) is 0 Å². The van der Waals surface area contributed by atoms with Crippen molar-refractivity contribution in [3.05, 3.63) is 28.3 Å². The SMILES string of the molecule is COc1ccc([N+](=O)[O-])c(NCC2CCOCC2)c1. The number of benzene rings is 1. The number of hydrogen-bond donors (Lipinski definition) is 1. The van der Waals surface area contributed by atoms with Gasteiger partial charge in [0.15, 0.2) is 0 Å². The van der Waals surface area contributed by atoms with Gasteiger partial charge < -0.3 is 14.8 Å². The van der Waals surface area contributed by atoms with Crippen LogP contribution in [0.5, 0.6) is 5.75 Å². The highest BCUT2D eigenvalue weighted by atomic mass is 16.6. The fraction of sp³-hybridized carbons (Fsp3) is 0.538. The molecule has 0 bridgehead atoms. The molecule has 104 valence electrons. The summed E-state index contributed by atoms with van der Waals surface area (Å²) in [5.74, 6) is 1.11. The second-order valence-corrected chi connectivity index (χ2v) is 4.58. The number of nitro benzene ring substituents is 1. The van der Waals surface area contributed by atoms with Gasteiger partial charge in [0.1, 0.15) is 11.4 Å². The molecule has 1 aromatic carbocycles. The summed E-state index contributed by atoms with van der Waals surface area (Å²) in [6.45, 7) is 2.26. The molecular formula is C13H18N2O4. The third kappa shape index (κ3) is 3.57. The van der Waals surface area contributed by atoms with Gasteiger partial charge in [-0.15, -0.1) is 0 Å². The smallest absolute Gasteiger partial charge is 0.292 e. The molecule has 1 N–H and O–H groups in total. The first-order valence-electron chi connectivity index (χ1n) is 6.34. The zero-order chi connectivity index (χ0) is 13.7. The number of hydrogen-bond acceptors (Lipinski definition) is 5. The molecule has 0 unspecified atom stereocenters. The van der Waals surface area contributed by atoms with Crippen LogP contribution in [0.25, 0.3) is 0 Å². The molecule has 0 aliphatic carbocycles. The van der Waals surface area contributed by atoms with Gasteiger partial charge in [0, 0.05) is 31.9 Å². The van der Waals surface area contributed by atoms with E-state index in [1.54, 1.807) is 19.2 Å². The Balaban J connectivity index is 2.06. The van der Waals surface area contributed by atoms with Gasteiger partial charge in [-0.05, 0) is 24.8 Å². The van der Waals surface area contributed by atoms with E-state index in [9.17, 15) is 10.1 Å². The lowest BCUT2D eigenvalue weighted by Gasteiger charge is -2.22. The number of nitrogens with zero attached hydrogens (tertiary/aromatic N) is 1. The van der Waals surface area contributed by atoms with Gasteiger partial charge in [0.25, 0.3) is 5.69 Å². The van der Waals surface area contributed by atoms with Crippen LogP contribution >= 0.6 is 0 Å². The molecule has 0 aromatic heterocycles. The molecule has 0 spiro atoms. The minimum atomic E-state index is -0.383. The van der Waals surface area contributed by atoms with Crippen LogP contribution in [0.2, 0.25) is 0 Å². The predicted octanol–water partition coefficient (Wildman–Crippen LogP) is 2.44. The molecule has 1 aromatic rings. The summed E-state index contributed by atoms with van der Waals surface area (Å²) in [4.78, 5) is 10.6. The normalized spacial score (nSPS) is 16.1. The van der Waals surface area contributed by atoms with Crippen LogP contribution in [-0.4, -0.2) is 31.8 Å². The molecule has 19 heavy (non-hydrogen) atoms. The third-order valence-electron chi connectivity index (χ3n) is 3.32. The van der Waals surface area contributed by atoms with Gasteiger partial charge in [-0.3, -0.25) is 10.1 Å². The Morgan fingerprint density at radius 3 is 2.84 bits per heavy atom. The Bertz CT molecular complexity index is 444. The molecule has 1 aliphatic rings. The first-order chi connectivity index (χ1) is 9.20. The zero-order valence-corrected chi connectivity index (χ0v) is 10.9. The second-order valence-electron chi connectivity index (χ2n) is 4.58. The number of nitrogens with one attached hydrogen (secondary N) is 1. The van der Waals surface area contributed by atoms with Crippen molar-refractivity contribution in [2.45, 2.75) is 12.8 Å². The standard InChI is InChI=1S/C13H18N2O4/c1-18-11-2-3-13(15(16)17)12(8-11)14-9-10-4-6-19-7-5-10/h2-3,8,10,14H,4-7,9H2,1H3. The Hall–Kier alpha value is -1.82. The van der Waals surface area contributed by atoms with Crippen LogP contribution in [-0.2, 0) is 4.74 Å². The Morgan fingerprint density at radius 2 is 2.21 bits per heavy atom. The van der Waals surface area contributed by atoms with Gasteiger partial charge in [-0.1, -0.05) is 0 Å². The average Bonchev–Trinajstić information content (AvgIpc) is 2.45. The maximum atomic E-state index is 11.0. The van der Waals surface area contributed by atoms with Crippen LogP contribution < -0.4 is 10.1 Å². The van der Waals surface area contributed by atoms with E-state index in [1.807, 2.05) is 0 Å². The van der Waals surface area contributed by atoms with Gasteiger partial charge in [-0.2, -0.15) is 0 Å². The lowest BCUT2D eigenvalue weighted by atomic mass is 10.0. The average molecular weight is 266 g/mol. The Morgan fingerprint density at radius 1 is 1.47 bits per heavy atom. The molecule has 1 fully saturated rings. The molecule has 6 nitrogen and oxygen atoms in total. The first kappa shape index (κ1) is 13.6. The highest BCUT2D eigenvalue weighted by Gasteiger charge is 2.18. The summed E-state index contributed by atoms with van der Waals surface area (Å²) in [7, 11) is 1.55. The number of nitro groups is 1. The monoisotopic (exact) mass is 266 g/mol. The van der Waals surface area contributed by atoms with E-state index in [1.165, 1.54) is 6.07 Å². The molecule has 0 radical (unpaired) electrons. The highest BCUT2D eigenvalue weighted by molar-refractivity contribution is 5.64. The van der Waals surface area contributed by atoms with Crippen molar-refractivity contribution in [3.8, 4) is 5.75 Å². The van der Waals surface area contributed by atoms with E-state index < -0.39 is 0 Å². The maximum Gasteiger partial charge on any atom is 0.292 e. The highest BCUT2D eigenvalue weighted by Crippen LogP contribution is 2.29. The van der Waals surface area contributed by atoms with Crippen molar-refractivity contribution >= 4 is 11.4 Å². The van der Waals surface area contributed by atoms with Crippen molar-refractivity contribution in [3.63, 3.8) is 0 Å². The summed E-state index contributed by atoms with van der Waals surface area (Å²) in [5, 5.41) is 14.1. The topological polar surface area (TPSA) is 73.6 Å². The summed E-state index contributed by atoms with van der Waals surface area (Å²) in [6, 6.07) is 4.72.